The SMILES string of the molecule is C=CCCOCCNC(C)Cc1ccc(F)cc1. The van der Waals surface area contributed by atoms with Crippen LogP contribution in [0.5, 0.6) is 0 Å². The molecule has 2 nitrogen and oxygen atoms in total. The molecule has 0 aliphatic rings. The second-order valence-electron chi connectivity index (χ2n) is 4.38. The molecular formula is C15H22FNO. The number of benzene rings is 1. The predicted octanol–water partition coefficient (Wildman–Crippen LogP) is 2.94. The van der Waals surface area contributed by atoms with E-state index in [4.69, 9.17) is 4.74 Å². The molecular weight excluding hydrogens is 229 g/mol. The van der Waals surface area contributed by atoms with Gasteiger partial charge in [-0.05, 0) is 37.5 Å². The van der Waals surface area contributed by atoms with Gasteiger partial charge in [-0.15, -0.1) is 6.58 Å². The van der Waals surface area contributed by atoms with Crippen LogP contribution in [0.4, 0.5) is 4.39 Å². The standard InChI is InChI=1S/C15H22FNO/c1-3-4-10-18-11-9-17-13(2)12-14-5-7-15(16)8-6-14/h3,5-8,13,17H,1,4,9-12H2,2H3. The zero-order valence-corrected chi connectivity index (χ0v) is 11.0. The molecule has 3 heteroatoms. The molecule has 1 N–H and O–H groups in total. The van der Waals surface area contributed by atoms with Crippen molar-refractivity contribution in [2.45, 2.75) is 25.8 Å². The van der Waals surface area contributed by atoms with Crippen LogP contribution in [-0.4, -0.2) is 25.8 Å². The van der Waals surface area contributed by atoms with E-state index in [0.29, 0.717) is 12.6 Å². The van der Waals surface area contributed by atoms with Crippen molar-refractivity contribution in [1.82, 2.24) is 5.32 Å². The third-order valence-electron chi connectivity index (χ3n) is 2.66. The Morgan fingerprint density at radius 1 is 1.33 bits per heavy atom. The molecule has 0 amide bonds. The summed E-state index contributed by atoms with van der Waals surface area (Å²) in [5.41, 5.74) is 1.14. The minimum atomic E-state index is -0.185. The minimum absolute atomic E-state index is 0.185. The number of halogens is 1. The van der Waals surface area contributed by atoms with Gasteiger partial charge < -0.3 is 10.1 Å². The first-order chi connectivity index (χ1) is 8.72. The van der Waals surface area contributed by atoms with Gasteiger partial charge in [-0.25, -0.2) is 4.39 Å². The third-order valence-corrected chi connectivity index (χ3v) is 2.66. The highest BCUT2D eigenvalue weighted by molar-refractivity contribution is 5.16. The van der Waals surface area contributed by atoms with Crippen molar-refractivity contribution in [2.24, 2.45) is 0 Å². The monoisotopic (exact) mass is 251 g/mol. The van der Waals surface area contributed by atoms with Gasteiger partial charge in [-0.1, -0.05) is 18.2 Å². The van der Waals surface area contributed by atoms with Crippen LogP contribution in [0.1, 0.15) is 18.9 Å². The van der Waals surface area contributed by atoms with E-state index in [1.165, 1.54) is 12.1 Å². The van der Waals surface area contributed by atoms with Gasteiger partial charge >= 0.3 is 0 Å². The Morgan fingerprint density at radius 3 is 2.72 bits per heavy atom. The van der Waals surface area contributed by atoms with Gasteiger partial charge in [0, 0.05) is 12.6 Å². The maximum absolute atomic E-state index is 12.7. The number of ether oxygens (including phenoxy) is 1. The van der Waals surface area contributed by atoms with Crippen LogP contribution in [0, 0.1) is 5.82 Å². The average Bonchev–Trinajstić information content (AvgIpc) is 2.36. The Kier molecular flexibility index (Phi) is 7.30. The van der Waals surface area contributed by atoms with E-state index in [9.17, 15) is 4.39 Å². The summed E-state index contributed by atoms with van der Waals surface area (Å²) in [6.45, 7) is 8.03. The summed E-state index contributed by atoms with van der Waals surface area (Å²) >= 11 is 0. The van der Waals surface area contributed by atoms with Crippen LogP contribution in [-0.2, 0) is 11.2 Å². The van der Waals surface area contributed by atoms with E-state index < -0.39 is 0 Å². The molecule has 0 aliphatic heterocycles. The second-order valence-corrected chi connectivity index (χ2v) is 4.38. The van der Waals surface area contributed by atoms with Gasteiger partial charge in [0.15, 0.2) is 0 Å². The fourth-order valence-electron chi connectivity index (χ4n) is 1.69. The smallest absolute Gasteiger partial charge is 0.123 e. The van der Waals surface area contributed by atoms with Crippen molar-refractivity contribution in [3.05, 3.63) is 48.3 Å². The van der Waals surface area contributed by atoms with Crippen LogP contribution in [0.15, 0.2) is 36.9 Å². The van der Waals surface area contributed by atoms with E-state index in [-0.39, 0.29) is 5.82 Å². The quantitative estimate of drug-likeness (QED) is 0.538. The van der Waals surface area contributed by atoms with Crippen molar-refractivity contribution in [2.75, 3.05) is 19.8 Å². The summed E-state index contributed by atoms with van der Waals surface area (Å²) in [5, 5.41) is 3.38. The summed E-state index contributed by atoms with van der Waals surface area (Å²) in [7, 11) is 0. The lowest BCUT2D eigenvalue weighted by Gasteiger charge is -2.13. The van der Waals surface area contributed by atoms with Crippen molar-refractivity contribution in [3.8, 4) is 0 Å². The molecule has 0 saturated heterocycles. The lowest BCUT2D eigenvalue weighted by molar-refractivity contribution is 0.138. The fraction of sp³-hybridized carbons (Fsp3) is 0.467. The molecule has 0 heterocycles. The number of nitrogens with one attached hydrogen (secondary N) is 1. The molecule has 1 unspecified atom stereocenters. The zero-order valence-electron chi connectivity index (χ0n) is 11.0. The van der Waals surface area contributed by atoms with Crippen LogP contribution >= 0.6 is 0 Å². The number of hydrogen-bond donors (Lipinski definition) is 1. The molecule has 0 aromatic heterocycles. The van der Waals surface area contributed by atoms with E-state index >= 15 is 0 Å². The van der Waals surface area contributed by atoms with Gasteiger partial charge in [-0.2, -0.15) is 0 Å². The Morgan fingerprint density at radius 2 is 2.06 bits per heavy atom. The van der Waals surface area contributed by atoms with Crippen molar-refractivity contribution in [3.63, 3.8) is 0 Å². The van der Waals surface area contributed by atoms with Gasteiger partial charge in [0.1, 0.15) is 5.82 Å². The summed E-state index contributed by atoms with van der Waals surface area (Å²) in [5.74, 6) is -0.185. The van der Waals surface area contributed by atoms with Gasteiger partial charge in [0.25, 0.3) is 0 Å². The van der Waals surface area contributed by atoms with Crippen molar-refractivity contribution in [1.29, 1.82) is 0 Å². The Hall–Kier alpha value is -1.19. The first kappa shape index (κ1) is 14.9. The maximum Gasteiger partial charge on any atom is 0.123 e. The average molecular weight is 251 g/mol. The van der Waals surface area contributed by atoms with Gasteiger partial charge in [0.05, 0.1) is 13.2 Å². The minimum Gasteiger partial charge on any atom is -0.380 e. The molecule has 1 atom stereocenters. The lowest BCUT2D eigenvalue weighted by Crippen LogP contribution is -2.31. The van der Waals surface area contributed by atoms with Crippen LogP contribution in [0.25, 0.3) is 0 Å². The normalized spacial score (nSPS) is 12.3. The summed E-state index contributed by atoms with van der Waals surface area (Å²) in [4.78, 5) is 0. The molecule has 0 radical (unpaired) electrons. The third kappa shape index (κ3) is 6.52. The van der Waals surface area contributed by atoms with E-state index in [0.717, 1.165) is 31.6 Å². The highest BCUT2D eigenvalue weighted by atomic mass is 19.1. The zero-order chi connectivity index (χ0) is 13.2. The van der Waals surface area contributed by atoms with Gasteiger partial charge in [-0.3, -0.25) is 0 Å². The molecule has 100 valence electrons. The first-order valence-corrected chi connectivity index (χ1v) is 6.39. The van der Waals surface area contributed by atoms with E-state index in [2.05, 4.69) is 18.8 Å². The van der Waals surface area contributed by atoms with Crippen LogP contribution < -0.4 is 5.32 Å². The Bertz CT molecular complexity index is 337. The van der Waals surface area contributed by atoms with Crippen LogP contribution in [0.3, 0.4) is 0 Å². The molecule has 1 aromatic carbocycles. The molecule has 1 aromatic rings. The molecule has 0 aliphatic carbocycles. The second kappa shape index (κ2) is 8.84. The summed E-state index contributed by atoms with van der Waals surface area (Å²) in [6, 6.07) is 7.02. The van der Waals surface area contributed by atoms with Crippen molar-refractivity contribution >= 4 is 0 Å². The largest absolute Gasteiger partial charge is 0.380 e. The molecule has 1 rings (SSSR count). The highest BCUT2D eigenvalue weighted by Crippen LogP contribution is 2.05. The summed E-state index contributed by atoms with van der Waals surface area (Å²) < 4.78 is 18.1. The number of rotatable bonds is 9. The van der Waals surface area contributed by atoms with Crippen LogP contribution in [0.2, 0.25) is 0 Å². The topological polar surface area (TPSA) is 21.3 Å². The van der Waals surface area contributed by atoms with E-state index in [1.54, 1.807) is 0 Å². The first-order valence-electron chi connectivity index (χ1n) is 6.39. The van der Waals surface area contributed by atoms with E-state index in [1.807, 2.05) is 18.2 Å². The molecule has 0 fully saturated rings. The van der Waals surface area contributed by atoms with Crippen molar-refractivity contribution < 1.29 is 9.13 Å². The molecule has 0 bridgehead atoms. The molecule has 0 spiro atoms. The lowest BCUT2D eigenvalue weighted by atomic mass is 10.1. The number of hydrogen-bond acceptors (Lipinski definition) is 2. The molecule has 18 heavy (non-hydrogen) atoms. The Balaban J connectivity index is 2.11. The molecule has 0 saturated carbocycles. The predicted molar refractivity (Wildman–Crippen MR) is 73.2 cm³/mol. The summed E-state index contributed by atoms with van der Waals surface area (Å²) in [6.07, 6.45) is 3.64. The maximum atomic E-state index is 12.7. The fourth-order valence-corrected chi connectivity index (χ4v) is 1.69. The Labute approximate surface area is 109 Å². The highest BCUT2D eigenvalue weighted by Gasteiger charge is 2.02. The van der Waals surface area contributed by atoms with Gasteiger partial charge in [0.2, 0.25) is 0 Å².